The van der Waals surface area contributed by atoms with Crippen LogP contribution in [0.5, 0.6) is 17.2 Å². The third-order valence-electron chi connectivity index (χ3n) is 5.37. The molecule has 1 aliphatic carbocycles. The number of hydrogen-bond acceptors (Lipinski definition) is 6. The molecule has 0 aliphatic heterocycles. The SMILES string of the molecule is COc1ccc(NC(=O)Cc2csc(COc3ccc(C)cc3)n2)cc1OC1CCCC1. The van der Waals surface area contributed by atoms with Crippen LogP contribution in [0.3, 0.4) is 0 Å². The van der Waals surface area contributed by atoms with Gasteiger partial charge in [-0.05, 0) is 56.9 Å². The molecule has 1 aromatic heterocycles. The van der Waals surface area contributed by atoms with Crippen molar-refractivity contribution in [1.82, 2.24) is 4.98 Å². The third kappa shape index (κ3) is 6.01. The Balaban J connectivity index is 1.32. The number of aromatic nitrogens is 1. The summed E-state index contributed by atoms with van der Waals surface area (Å²) >= 11 is 1.49. The number of aryl methyl sites for hydroxylation is 1. The molecule has 1 fully saturated rings. The second-order valence-electron chi connectivity index (χ2n) is 7.95. The molecule has 0 atom stereocenters. The van der Waals surface area contributed by atoms with Gasteiger partial charge in [0, 0.05) is 17.1 Å². The van der Waals surface area contributed by atoms with E-state index in [9.17, 15) is 4.79 Å². The van der Waals surface area contributed by atoms with Gasteiger partial charge in [-0.15, -0.1) is 11.3 Å². The van der Waals surface area contributed by atoms with Gasteiger partial charge in [-0.1, -0.05) is 17.7 Å². The van der Waals surface area contributed by atoms with Crippen LogP contribution in [0.2, 0.25) is 0 Å². The van der Waals surface area contributed by atoms with Gasteiger partial charge in [-0.3, -0.25) is 4.79 Å². The zero-order valence-corrected chi connectivity index (χ0v) is 19.2. The molecule has 1 heterocycles. The van der Waals surface area contributed by atoms with Crippen LogP contribution in [-0.4, -0.2) is 24.1 Å². The first-order chi connectivity index (χ1) is 15.6. The number of hydrogen-bond donors (Lipinski definition) is 1. The van der Waals surface area contributed by atoms with E-state index in [-0.39, 0.29) is 18.4 Å². The number of methoxy groups -OCH3 is 1. The maximum atomic E-state index is 12.6. The molecule has 32 heavy (non-hydrogen) atoms. The lowest BCUT2D eigenvalue weighted by Crippen LogP contribution is -2.15. The molecule has 0 spiro atoms. The smallest absolute Gasteiger partial charge is 0.230 e. The monoisotopic (exact) mass is 452 g/mol. The number of amides is 1. The highest BCUT2D eigenvalue weighted by Crippen LogP contribution is 2.34. The van der Waals surface area contributed by atoms with Crippen molar-refractivity contribution in [3.8, 4) is 17.2 Å². The summed E-state index contributed by atoms with van der Waals surface area (Å²) in [5.41, 5.74) is 2.60. The average molecular weight is 453 g/mol. The van der Waals surface area contributed by atoms with Gasteiger partial charge in [-0.2, -0.15) is 0 Å². The Kier molecular flexibility index (Phi) is 7.27. The molecule has 6 nitrogen and oxygen atoms in total. The Morgan fingerprint density at radius 2 is 1.91 bits per heavy atom. The van der Waals surface area contributed by atoms with Crippen molar-refractivity contribution >= 4 is 22.9 Å². The number of nitrogens with zero attached hydrogens (tertiary/aromatic N) is 1. The average Bonchev–Trinajstić information content (AvgIpc) is 3.46. The molecule has 1 saturated carbocycles. The zero-order valence-electron chi connectivity index (χ0n) is 18.4. The lowest BCUT2D eigenvalue weighted by molar-refractivity contribution is -0.115. The first-order valence-corrected chi connectivity index (χ1v) is 11.7. The Labute approximate surface area is 192 Å². The molecule has 4 rings (SSSR count). The zero-order chi connectivity index (χ0) is 22.3. The van der Waals surface area contributed by atoms with Crippen LogP contribution >= 0.6 is 11.3 Å². The number of ether oxygens (including phenoxy) is 3. The van der Waals surface area contributed by atoms with Gasteiger partial charge < -0.3 is 19.5 Å². The molecule has 3 aromatic rings. The quantitative estimate of drug-likeness (QED) is 0.461. The summed E-state index contributed by atoms with van der Waals surface area (Å²) in [6.07, 6.45) is 4.90. The minimum Gasteiger partial charge on any atom is -0.493 e. The fourth-order valence-electron chi connectivity index (χ4n) is 3.68. The van der Waals surface area contributed by atoms with Crippen molar-refractivity contribution < 1.29 is 19.0 Å². The maximum absolute atomic E-state index is 12.6. The summed E-state index contributed by atoms with van der Waals surface area (Å²) in [6.45, 7) is 2.42. The van der Waals surface area contributed by atoms with Crippen LogP contribution in [0.4, 0.5) is 5.69 Å². The van der Waals surface area contributed by atoms with E-state index < -0.39 is 0 Å². The molecule has 168 valence electrons. The van der Waals surface area contributed by atoms with Crippen LogP contribution in [0.25, 0.3) is 0 Å². The van der Waals surface area contributed by atoms with Crippen LogP contribution in [-0.2, 0) is 17.8 Å². The number of nitrogens with one attached hydrogen (secondary N) is 1. The number of thiazole rings is 1. The second kappa shape index (κ2) is 10.5. The van der Waals surface area contributed by atoms with Crippen molar-refractivity contribution in [1.29, 1.82) is 0 Å². The number of anilines is 1. The molecule has 0 radical (unpaired) electrons. The minimum absolute atomic E-state index is 0.127. The highest BCUT2D eigenvalue weighted by Gasteiger charge is 2.19. The Morgan fingerprint density at radius 3 is 2.66 bits per heavy atom. The minimum atomic E-state index is -0.127. The second-order valence-corrected chi connectivity index (χ2v) is 8.89. The first-order valence-electron chi connectivity index (χ1n) is 10.9. The van der Waals surface area contributed by atoms with E-state index in [1.54, 1.807) is 7.11 Å². The summed E-state index contributed by atoms with van der Waals surface area (Å²) in [5, 5.41) is 5.68. The highest BCUT2D eigenvalue weighted by molar-refractivity contribution is 7.09. The summed E-state index contributed by atoms with van der Waals surface area (Å²) < 4.78 is 17.3. The summed E-state index contributed by atoms with van der Waals surface area (Å²) in [6, 6.07) is 13.4. The van der Waals surface area contributed by atoms with Crippen molar-refractivity contribution in [2.45, 2.75) is 51.7 Å². The van der Waals surface area contributed by atoms with Crippen molar-refractivity contribution in [2.24, 2.45) is 0 Å². The van der Waals surface area contributed by atoms with Gasteiger partial charge in [0.2, 0.25) is 5.91 Å². The highest BCUT2D eigenvalue weighted by atomic mass is 32.1. The van der Waals surface area contributed by atoms with Gasteiger partial charge in [0.05, 0.1) is 25.3 Å². The fourth-order valence-corrected chi connectivity index (χ4v) is 4.38. The van der Waals surface area contributed by atoms with E-state index in [4.69, 9.17) is 14.2 Å². The Hall–Kier alpha value is -3.06. The van der Waals surface area contributed by atoms with Gasteiger partial charge in [0.25, 0.3) is 0 Å². The topological polar surface area (TPSA) is 69.7 Å². The van der Waals surface area contributed by atoms with Crippen molar-refractivity contribution in [3.05, 3.63) is 64.1 Å². The predicted octanol–water partition coefficient (Wildman–Crippen LogP) is 5.54. The van der Waals surface area contributed by atoms with E-state index in [1.807, 2.05) is 54.8 Å². The summed E-state index contributed by atoms with van der Waals surface area (Å²) in [4.78, 5) is 17.1. The fraction of sp³-hybridized carbons (Fsp3) is 0.360. The molecule has 7 heteroatoms. The number of carbonyl (C=O) groups excluding carboxylic acids is 1. The molecule has 0 bridgehead atoms. The van der Waals surface area contributed by atoms with E-state index >= 15 is 0 Å². The van der Waals surface area contributed by atoms with E-state index in [2.05, 4.69) is 10.3 Å². The van der Waals surface area contributed by atoms with Crippen LogP contribution in [0.15, 0.2) is 47.8 Å². The number of benzene rings is 2. The first kappa shape index (κ1) is 22.1. The van der Waals surface area contributed by atoms with Gasteiger partial charge in [0.1, 0.15) is 17.4 Å². The van der Waals surface area contributed by atoms with E-state index in [0.29, 0.717) is 23.8 Å². The van der Waals surface area contributed by atoms with E-state index in [0.717, 1.165) is 29.3 Å². The molecular weight excluding hydrogens is 424 g/mol. The van der Waals surface area contributed by atoms with Gasteiger partial charge >= 0.3 is 0 Å². The summed E-state index contributed by atoms with van der Waals surface area (Å²) in [5.74, 6) is 2.02. The standard InChI is InChI=1S/C25H28N2O4S/c1-17-7-10-20(11-8-17)30-15-25-27-19(16-32-25)14-24(28)26-18-9-12-22(29-2)23(13-18)31-21-5-3-4-6-21/h7-13,16,21H,3-6,14-15H2,1-2H3,(H,26,28). The lowest BCUT2D eigenvalue weighted by Gasteiger charge is -2.17. The summed E-state index contributed by atoms with van der Waals surface area (Å²) in [7, 11) is 1.62. The lowest BCUT2D eigenvalue weighted by atomic mass is 10.2. The number of rotatable bonds is 9. The molecule has 0 saturated heterocycles. The largest absolute Gasteiger partial charge is 0.493 e. The predicted molar refractivity (Wildman–Crippen MR) is 126 cm³/mol. The molecule has 2 aromatic carbocycles. The van der Waals surface area contributed by atoms with Crippen LogP contribution in [0, 0.1) is 6.92 Å². The van der Waals surface area contributed by atoms with Crippen molar-refractivity contribution in [3.63, 3.8) is 0 Å². The Bertz CT molecular complexity index is 1040. The van der Waals surface area contributed by atoms with Crippen molar-refractivity contribution in [2.75, 3.05) is 12.4 Å². The molecular formula is C25H28N2O4S. The number of carbonyl (C=O) groups is 1. The molecule has 1 N–H and O–H groups in total. The normalized spacial score (nSPS) is 13.7. The third-order valence-corrected chi connectivity index (χ3v) is 6.24. The van der Waals surface area contributed by atoms with Crippen LogP contribution < -0.4 is 19.5 Å². The van der Waals surface area contributed by atoms with Crippen LogP contribution in [0.1, 0.15) is 41.9 Å². The Morgan fingerprint density at radius 1 is 1.12 bits per heavy atom. The molecule has 1 aliphatic rings. The molecule has 1 amide bonds. The molecule has 0 unspecified atom stereocenters. The maximum Gasteiger partial charge on any atom is 0.230 e. The van der Waals surface area contributed by atoms with E-state index in [1.165, 1.54) is 29.7 Å². The van der Waals surface area contributed by atoms with Gasteiger partial charge in [0.15, 0.2) is 11.5 Å². The van der Waals surface area contributed by atoms with Gasteiger partial charge in [-0.25, -0.2) is 4.98 Å².